The van der Waals surface area contributed by atoms with E-state index in [4.69, 9.17) is 18.2 Å². The highest BCUT2D eigenvalue weighted by Crippen LogP contribution is 2.10. The number of rotatable bonds is 0. The van der Waals surface area contributed by atoms with Gasteiger partial charge in [-0.15, -0.1) is 4.98 Å². The van der Waals surface area contributed by atoms with Gasteiger partial charge >= 0.3 is 0 Å². The summed E-state index contributed by atoms with van der Waals surface area (Å²) < 4.78 is 0. The van der Waals surface area contributed by atoms with Crippen LogP contribution in [0.2, 0.25) is 5.02 Å². The van der Waals surface area contributed by atoms with Gasteiger partial charge in [-0.2, -0.15) is 0 Å². The summed E-state index contributed by atoms with van der Waals surface area (Å²) in [5, 5.41) is 0.558. The molecule has 0 unspecified atom stereocenters. The molecular weight excluding hydrogens is 136 g/mol. The van der Waals surface area contributed by atoms with E-state index in [9.17, 15) is 0 Å². The fraction of sp³-hybridized carbons (Fsp3) is 0. The third-order valence-electron chi connectivity index (χ3n) is 0.826. The molecule has 1 rings (SSSR count). The molecule has 9 heavy (non-hydrogen) atoms. The zero-order valence-electron chi connectivity index (χ0n) is 4.50. The van der Waals surface area contributed by atoms with Crippen molar-refractivity contribution in [2.45, 2.75) is 0 Å². The summed E-state index contributed by atoms with van der Waals surface area (Å²) in [5.41, 5.74) is 0. The van der Waals surface area contributed by atoms with Gasteiger partial charge in [-0.1, -0.05) is 18.2 Å². The summed E-state index contributed by atoms with van der Waals surface area (Å²) in [6.45, 7) is 6.53. The van der Waals surface area contributed by atoms with Crippen molar-refractivity contribution in [3.63, 3.8) is 0 Å². The van der Waals surface area contributed by atoms with Gasteiger partial charge in [-0.05, 0) is 12.1 Å². The second-order valence-corrected chi connectivity index (χ2v) is 1.88. The quantitative estimate of drug-likeness (QED) is 0.503. The van der Waals surface area contributed by atoms with Crippen molar-refractivity contribution in [1.82, 2.24) is 4.98 Å². The molecule has 44 valence electrons. The third kappa shape index (κ3) is 1.41. The molecule has 1 aromatic heterocycles. The maximum absolute atomic E-state index is 6.53. The van der Waals surface area contributed by atoms with E-state index in [-0.39, 0.29) is 0 Å². The summed E-state index contributed by atoms with van der Waals surface area (Å²) in [5.74, 6) is 0.374. The lowest BCUT2D eigenvalue weighted by Crippen LogP contribution is -1.68. The van der Waals surface area contributed by atoms with Crippen molar-refractivity contribution in [2.75, 3.05) is 0 Å². The Labute approximate surface area is 57.9 Å². The molecule has 0 fully saturated rings. The maximum Gasteiger partial charge on any atom is 0.269 e. The standard InChI is InChI=1S/C6H3ClN2/c1-8-6-3-2-5(7)4-9-6/h2-4H. The molecule has 0 N–H and O–H groups in total. The summed E-state index contributed by atoms with van der Waals surface area (Å²) in [6.07, 6.45) is 1.45. The van der Waals surface area contributed by atoms with Gasteiger partial charge < -0.3 is 4.85 Å². The molecule has 1 aromatic rings. The predicted octanol–water partition coefficient (Wildman–Crippen LogP) is 2.29. The Hall–Kier alpha value is -1.07. The maximum atomic E-state index is 6.53. The highest BCUT2D eigenvalue weighted by molar-refractivity contribution is 6.30. The minimum atomic E-state index is 0.374. The first-order chi connectivity index (χ1) is 4.33. The Morgan fingerprint density at radius 1 is 1.56 bits per heavy atom. The molecular formula is C6H3ClN2. The molecule has 1 heterocycles. The fourth-order valence-corrected chi connectivity index (χ4v) is 0.546. The molecule has 0 atom stereocenters. The first kappa shape index (κ1) is 6.06. The number of hydrogen-bond acceptors (Lipinski definition) is 1. The highest BCUT2D eigenvalue weighted by atomic mass is 35.5. The van der Waals surface area contributed by atoms with Crippen LogP contribution in [-0.4, -0.2) is 4.98 Å². The van der Waals surface area contributed by atoms with Gasteiger partial charge in [0, 0.05) is 0 Å². The van der Waals surface area contributed by atoms with Crippen LogP contribution in [0.15, 0.2) is 18.3 Å². The number of hydrogen-bond donors (Lipinski definition) is 0. The first-order valence-electron chi connectivity index (χ1n) is 2.32. The van der Waals surface area contributed by atoms with Gasteiger partial charge in [0.05, 0.1) is 5.02 Å². The Morgan fingerprint density at radius 2 is 2.33 bits per heavy atom. The van der Waals surface area contributed by atoms with Crippen LogP contribution in [0.1, 0.15) is 0 Å². The molecule has 3 heteroatoms. The molecule has 0 aliphatic heterocycles. The minimum Gasteiger partial charge on any atom is -0.361 e. The Balaban J connectivity index is 3.06. The van der Waals surface area contributed by atoms with Crippen molar-refractivity contribution in [1.29, 1.82) is 0 Å². The molecule has 0 aromatic carbocycles. The average Bonchev–Trinajstić information content (AvgIpc) is 1.90. The largest absolute Gasteiger partial charge is 0.361 e. The summed E-state index contributed by atoms with van der Waals surface area (Å²) in [7, 11) is 0. The summed E-state index contributed by atoms with van der Waals surface area (Å²) in [4.78, 5) is 6.80. The zero-order valence-corrected chi connectivity index (χ0v) is 5.26. The minimum absolute atomic E-state index is 0.374. The molecule has 0 spiro atoms. The first-order valence-corrected chi connectivity index (χ1v) is 2.70. The number of aromatic nitrogens is 1. The van der Waals surface area contributed by atoms with E-state index in [1.165, 1.54) is 6.20 Å². The summed E-state index contributed by atoms with van der Waals surface area (Å²) >= 11 is 5.50. The van der Waals surface area contributed by atoms with Crippen LogP contribution in [-0.2, 0) is 0 Å². The molecule has 0 aliphatic carbocycles. The predicted molar refractivity (Wildman–Crippen MR) is 35.5 cm³/mol. The van der Waals surface area contributed by atoms with E-state index in [0.29, 0.717) is 10.8 Å². The average molecular weight is 139 g/mol. The smallest absolute Gasteiger partial charge is 0.269 e. The molecule has 0 saturated carbocycles. The van der Waals surface area contributed by atoms with Crippen LogP contribution in [0.3, 0.4) is 0 Å². The summed E-state index contributed by atoms with van der Waals surface area (Å²) in [6, 6.07) is 3.22. The van der Waals surface area contributed by atoms with Crippen molar-refractivity contribution in [3.05, 3.63) is 34.8 Å². The van der Waals surface area contributed by atoms with Crippen molar-refractivity contribution in [3.8, 4) is 0 Å². The monoisotopic (exact) mass is 138 g/mol. The van der Waals surface area contributed by atoms with Crippen LogP contribution in [0.5, 0.6) is 0 Å². The van der Waals surface area contributed by atoms with E-state index in [1.54, 1.807) is 12.1 Å². The zero-order chi connectivity index (χ0) is 6.69. The lowest BCUT2D eigenvalue weighted by Gasteiger charge is -1.84. The van der Waals surface area contributed by atoms with Crippen molar-refractivity contribution in [2.24, 2.45) is 0 Å². The molecule has 0 aliphatic rings. The van der Waals surface area contributed by atoms with Gasteiger partial charge in [0.1, 0.15) is 6.20 Å². The second kappa shape index (κ2) is 2.47. The van der Waals surface area contributed by atoms with Gasteiger partial charge in [-0.3, -0.25) is 0 Å². The van der Waals surface area contributed by atoms with E-state index in [0.717, 1.165) is 0 Å². The molecule has 0 amide bonds. The molecule has 0 radical (unpaired) electrons. The van der Waals surface area contributed by atoms with Crippen molar-refractivity contribution < 1.29 is 0 Å². The van der Waals surface area contributed by atoms with Crippen LogP contribution in [0, 0.1) is 6.57 Å². The van der Waals surface area contributed by atoms with Crippen LogP contribution in [0.25, 0.3) is 4.85 Å². The number of nitrogens with zero attached hydrogens (tertiary/aromatic N) is 2. The van der Waals surface area contributed by atoms with E-state index in [2.05, 4.69) is 9.83 Å². The Bertz CT molecular complexity index is 234. The molecule has 2 nitrogen and oxygen atoms in total. The third-order valence-corrected chi connectivity index (χ3v) is 1.05. The van der Waals surface area contributed by atoms with E-state index in [1.807, 2.05) is 0 Å². The Morgan fingerprint density at radius 3 is 2.78 bits per heavy atom. The van der Waals surface area contributed by atoms with Gasteiger partial charge in [0.25, 0.3) is 5.82 Å². The van der Waals surface area contributed by atoms with Gasteiger partial charge in [0.2, 0.25) is 0 Å². The van der Waals surface area contributed by atoms with Crippen molar-refractivity contribution >= 4 is 17.4 Å². The van der Waals surface area contributed by atoms with Gasteiger partial charge in [-0.25, -0.2) is 0 Å². The SMILES string of the molecule is [C-]#[N+]c1ccc(Cl)cn1. The number of pyridine rings is 1. The van der Waals surface area contributed by atoms with Gasteiger partial charge in [0.15, 0.2) is 0 Å². The van der Waals surface area contributed by atoms with E-state index >= 15 is 0 Å². The second-order valence-electron chi connectivity index (χ2n) is 1.45. The van der Waals surface area contributed by atoms with Crippen LogP contribution in [0.4, 0.5) is 5.82 Å². The number of halogens is 1. The van der Waals surface area contributed by atoms with Crippen LogP contribution < -0.4 is 0 Å². The van der Waals surface area contributed by atoms with E-state index < -0.39 is 0 Å². The topological polar surface area (TPSA) is 17.2 Å². The highest BCUT2D eigenvalue weighted by Gasteiger charge is 1.90. The lowest BCUT2D eigenvalue weighted by molar-refractivity contribution is 1.36. The molecule has 0 bridgehead atoms. The Kier molecular flexibility index (Phi) is 1.66. The van der Waals surface area contributed by atoms with Crippen LogP contribution >= 0.6 is 11.6 Å². The molecule has 0 saturated heterocycles. The fourth-order valence-electron chi connectivity index (χ4n) is 0.434. The normalized spacial score (nSPS) is 8.44. The lowest BCUT2D eigenvalue weighted by atomic mass is 10.5.